The summed E-state index contributed by atoms with van der Waals surface area (Å²) in [5, 5.41) is 2.75. The van der Waals surface area contributed by atoms with Crippen LogP contribution in [0.2, 0.25) is 0 Å². The normalized spacial score (nSPS) is 17.0. The van der Waals surface area contributed by atoms with E-state index in [1.54, 1.807) is 12.1 Å². The van der Waals surface area contributed by atoms with Gasteiger partial charge in [-0.3, -0.25) is 14.7 Å². The van der Waals surface area contributed by atoms with Gasteiger partial charge in [0, 0.05) is 0 Å². The van der Waals surface area contributed by atoms with Gasteiger partial charge in [-0.1, -0.05) is 31.2 Å². The Morgan fingerprint density at radius 3 is 2.31 bits per heavy atom. The summed E-state index contributed by atoms with van der Waals surface area (Å²) >= 11 is 0. The molecule has 4 N–H and O–H groups in total. The largest absolute Gasteiger partial charge is 0.465 e. The summed E-state index contributed by atoms with van der Waals surface area (Å²) in [6.45, 7) is 7.03. The summed E-state index contributed by atoms with van der Waals surface area (Å²) in [4.78, 5) is 25.3. The van der Waals surface area contributed by atoms with Gasteiger partial charge in [-0.15, -0.1) is 0 Å². The van der Waals surface area contributed by atoms with E-state index in [1.807, 2.05) is 40.1 Å². The van der Waals surface area contributed by atoms with E-state index in [9.17, 15) is 4.79 Å². The van der Waals surface area contributed by atoms with Gasteiger partial charge >= 0.3 is 5.97 Å². The van der Waals surface area contributed by atoms with Gasteiger partial charge in [0.25, 0.3) is 0 Å². The molecule has 0 fully saturated rings. The number of allylic oxidation sites excluding steroid dienone is 2. The second-order valence-corrected chi connectivity index (χ2v) is 8.42. The van der Waals surface area contributed by atoms with Crippen molar-refractivity contribution in [3.63, 3.8) is 0 Å². The van der Waals surface area contributed by atoms with Crippen molar-refractivity contribution in [1.29, 1.82) is 0 Å². The minimum absolute atomic E-state index is 0.183. The molecule has 7 nitrogen and oxygen atoms in total. The average molecular weight is 495 g/mol. The van der Waals surface area contributed by atoms with Crippen LogP contribution in [0.25, 0.3) is 5.76 Å². The number of quaternary nitrogens is 1. The van der Waals surface area contributed by atoms with Crippen molar-refractivity contribution in [2.24, 2.45) is 5.73 Å². The van der Waals surface area contributed by atoms with E-state index >= 15 is 0 Å². The predicted molar refractivity (Wildman–Crippen MR) is 145 cm³/mol. The molecule has 2 unspecified atom stereocenters. The van der Waals surface area contributed by atoms with Gasteiger partial charge in [0.2, 0.25) is 5.76 Å². The molecule has 0 bridgehead atoms. The lowest BCUT2D eigenvalue weighted by atomic mass is 9.90. The summed E-state index contributed by atoms with van der Waals surface area (Å²) < 4.78 is 4.83. The molecule has 0 radical (unpaired) electrons. The molecule has 2 aliphatic rings. The zero-order valence-electron chi connectivity index (χ0n) is 22.5. The second kappa shape index (κ2) is 14.2. The Morgan fingerprint density at radius 2 is 1.69 bits per heavy atom. The fourth-order valence-electron chi connectivity index (χ4n) is 4.40. The molecule has 2 atom stereocenters. The van der Waals surface area contributed by atoms with E-state index in [-0.39, 0.29) is 12.0 Å². The van der Waals surface area contributed by atoms with Crippen molar-refractivity contribution < 1.29 is 24.2 Å². The Kier molecular flexibility index (Phi) is 11.4. The van der Waals surface area contributed by atoms with Crippen LogP contribution < -0.4 is 20.8 Å². The number of esters is 1. The molecule has 0 saturated heterocycles. The zero-order valence-corrected chi connectivity index (χ0v) is 22.5. The first kappa shape index (κ1) is 28.8. The van der Waals surface area contributed by atoms with Crippen molar-refractivity contribution >= 4 is 17.4 Å². The lowest BCUT2D eigenvalue weighted by Gasteiger charge is -2.34. The van der Waals surface area contributed by atoms with Crippen LogP contribution in [0.3, 0.4) is 0 Å². The first-order valence-corrected chi connectivity index (χ1v) is 12.2. The summed E-state index contributed by atoms with van der Waals surface area (Å²) in [7, 11) is 6.63. The first-order chi connectivity index (χ1) is 17.5. The van der Waals surface area contributed by atoms with E-state index in [0.717, 1.165) is 41.0 Å². The van der Waals surface area contributed by atoms with Crippen LogP contribution in [-0.4, -0.2) is 46.8 Å². The summed E-state index contributed by atoms with van der Waals surface area (Å²) in [5.41, 5.74) is 9.97. The highest BCUT2D eigenvalue weighted by atomic mass is 17.2. The van der Waals surface area contributed by atoms with Crippen LogP contribution in [0.15, 0.2) is 66.3 Å². The maximum atomic E-state index is 11.9. The van der Waals surface area contributed by atoms with Crippen molar-refractivity contribution in [1.82, 2.24) is 5.32 Å². The number of fused-ring (bicyclic) bond motifs is 2. The summed E-state index contributed by atoms with van der Waals surface area (Å²) in [6.07, 6.45) is 9.54. The summed E-state index contributed by atoms with van der Waals surface area (Å²) in [6, 6.07) is 12.0. The smallest absolute Gasteiger partial charge is 0.337 e. The number of carbonyl (C=O) groups excluding carboxylic acids is 1. The lowest BCUT2D eigenvalue weighted by molar-refractivity contribution is -0.848. The number of rotatable bonds is 6. The number of carbonyl (C=O) groups is 1. The third kappa shape index (κ3) is 6.43. The molecule has 2 aromatic carbocycles. The Hall–Kier alpha value is -3.39. The van der Waals surface area contributed by atoms with E-state index in [4.69, 9.17) is 14.5 Å². The molecule has 0 spiro atoms. The monoisotopic (exact) mass is 494 g/mol. The molecule has 7 heteroatoms. The number of hydrogen-bond acceptors (Lipinski definition) is 6. The van der Waals surface area contributed by atoms with Crippen LogP contribution >= 0.6 is 0 Å². The SMILES string of the molecule is CCC[NH+]1c2ccccc2C(OOc2c(C)cc(C(=O)OC)cc2C)=C2C=CC=CC21.CN.CNC. The minimum atomic E-state index is -0.370. The number of nitrogens with two attached hydrogens (primary N) is 1. The standard InChI is InChI=1S/C26H27NO4.C2H7N.CH5N/c1-5-14-27-22-12-8-6-10-20(22)25(21-11-7-9-13-23(21)27)31-30-24-17(2)15-19(16-18(24)3)26(28)29-4;1-3-2;1-2/h6-13,15-16,22H,5,14H2,1-4H3;3H,1-2H3;2H2,1H3/p+1. The number of para-hydroxylation sites is 1. The van der Waals surface area contributed by atoms with E-state index in [0.29, 0.717) is 11.3 Å². The Labute approximate surface area is 215 Å². The van der Waals surface area contributed by atoms with Crippen LogP contribution in [0.4, 0.5) is 5.69 Å². The van der Waals surface area contributed by atoms with Gasteiger partial charge in [-0.05, 0) is 89.0 Å². The van der Waals surface area contributed by atoms with Crippen molar-refractivity contribution in [2.45, 2.75) is 33.2 Å². The van der Waals surface area contributed by atoms with Gasteiger partial charge in [0.15, 0.2) is 5.75 Å². The Bertz CT molecular complexity index is 1100. The van der Waals surface area contributed by atoms with E-state index in [2.05, 4.69) is 54.4 Å². The maximum absolute atomic E-state index is 11.9. The Morgan fingerprint density at radius 1 is 1.06 bits per heavy atom. The quantitative estimate of drug-likeness (QED) is 0.323. The molecule has 4 rings (SSSR count). The van der Waals surface area contributed by atoms with Crippen LogP contribution in [0.5, 0.6) is 5.75 Å². The third-order valence-corrected chi connectivity index (χ3v) is 5.79. The molecular weight excluding hydrogens is 454 g/mol. The fourth-order valence-corrected chi connectivity index (χ4v) is 4.40. The highest BCUT2D eigenvalue weighted by Gasteiger charge is 2.37. The molecule has 1 heterocycles. The molecule has 0 saturated carbocycles. The fraction of sp³-hybridized carbons (Fsp3) is 0.345. The predicted octanol–water partition coefficient (Wildman–Crippen LogP) is 3.66. The van der Waals surface area contributed by atoms with Crippen molar-refractivity contribution in [3.8, 4) is 5.75 Å². The number of hydrogen-bond donors (Lipinski definition) is 3. The number of ether oxygens (including phenoxy) is 1. The molecule has 1 aliphatic carbocycles. The number of methoxy groups -OCH3 is 1. The highest BCUT2D eigenvalue weighted by molar-refractivity contribution is 5.90. The topological polar surface area (TPSA) is 87.2 Å². The van der Waals surface area contributed by atoms with Crippen LogP contribution in [0, 0.1) is 13.8 Å². The third-order valence-electron chi connectivity index (χ3n) is 5.79. The van der Waals surface area contributed by atoms with Crippen LogP contribution in [-0.2, 0) is 9.62 Å². The molecule has 36 heavy (non-hydrogen) atoms. The second-order valence-electron chi connectivity index (χ2n) is 8.42. The summed E-state index contributed by atoms with van der Waals surface area (Å²) in [5.74, 6) is 0.969. The minimum Gasteiger partial charge on any atom is -0.465 e. The Balaban J connectivity index is 0.000000850. The first-order valence-electron chi connectivity index (χ1n) is 12.2. The number of nitrogens with one attached hydrogen (secondary N) is 2. The van der Waals surface area contributed by atoms with Gasteiger partial charge < -0.3 is 15.8 Å². The molecule has 1 aliphatic heterocycles. The number of aryl methyl sites for hydroxylation is 2. The van der Waals surface area contributed by atoms with Crippen molar-refractivity contribution in [3.05, 3.63) is 88.5 Å². The van der Waals surface area contributed by atoms with Gasteiger partial charge in [0.1, 0.15) is 11.7 Å². The molecule has 0 amide bonds. The zero-order chi connectivity index (χ0) is 26.7. The van der Waals surface area contributed by atoms with E-state index < -0.39 is 0 Å². The molecule has 2 aromatic rings. The van der Waals surface area contributed by atoms with E-state index in [1.165, 1.54) is 24.7 Å². The van der Waals surface area contributed by atoms with Crippen molar-refractivity contribution in [2.75, 3.05) is 34.8 Å². The highest BCUT2D eigenvalue weighted by Crippen LogP contribution is 2.35. The maximum Gasteiger partial charge on any atom is 0.337 e. The molecular formula is C29H40N3O4+. The van der Waals surface area contributed by atoms with Gasteiger partial charge in [-0.25, -0.2) is 4.79 Å². The van der Waals surface area contributed by atoms with Gasteiger partial charge in [0.05, 0.1) is 30.4 Å². The van der Waals surface area contributed by atoms with Gasteiger partial charge in [-0.2, -0.15) is 0 Å². The molecule has 194 valence electrons. The number of benzene rings is 2. The molecule has 0 aromatic heterocycles. The lowest BCUT2D eigenvalue weighted by Crippen LogP contribution is -3.12. The average Bonchev–Trinajstić information content (AvgIpc) is 2.90. The van der Waals surface area contributed by atoms with Crippen LogP contribution in [0.1, 0.15) is 40.4 Å².